The fraction of sp³-hybridized carbons (Fsp3) is 0.250. The van der Waals surface area contributed by atoms with Gasteiger partial charge in [0.25, 0.3) is 5.91 Å². The van der Waals surface area contributed by atoms with Crippen LogP contribution in [0.1, 0.15) is 28.4 Å². The molecule has 0 unspecified atom stereocenters. The summed E-state index contributed by atoms with van der Waals surface area (Å²) in [5, 5.41) is 14.3. The van der Waals surface area contributed by atoms with Gasteiger partial charge in [-0.2, -0.15) is 5.10 Å². The third kappa shape index (κ3) is 2.83. The molecule has 1 aliphatic rings. The summed E-state index contributed by atoms with van der Waals surface area (Å²) in [6.07, 6.45) is 1.66. The van der Waals surface area contributed by atoms with Crippen molar-refractivity contribution in [1.29, 1.82) is 0 Å². The number of nitrogens with one attached hydrogen (secondary N) is 3. The number of fused-ring (bicyclic) bond motifs is 2. The number of hydrogen-bond donors (Lipinski definition) is 3. The van der Waals surface area contributed by atoms with Crippen LogP contribution in [0.25, 0.3) is 22.2 Å². The van der Waals surface area contributed by atoms with Crippen LogP contribution in [-0.2, 0) is 17.6 Å². The number of aromatic amines is 1. The SMILES string of the molecule is CC(=O)NCCNC(=O)c1cccc2c1CCc1cccc3[nH]nc-2c13. The van der Waals surface area contributed by atoms with Crippen molar-refractivity contribution in [1.82, 2.24) is 20.8 Å². The van der Waals surface area contributed by atoms with Crippen LogP contribution in [0.4, 0.5) is 0 Å². The van der Waals surface area contributed by atoms with Crippen molar-refractivity contribution in [2.24, 2.45) is 0 Å². The number of hydrogen-bond acceptors (Lipinski definition) is 3. The molecule has 1 aromatic heterocycles. The highest BCUT2D eigenvalue weighted by Gasteiger charge is 2.22. The molecular formula is C20H20N4O2. The highest BCUT2D eigenvalue weighted by molar-refractivity contribution is 6.01. The van der Waals surface area contributed by atoms with E-state index in [-0.39, 0.29) is 11.8 Å². The first-order chi connectivity index (χ1) is 12.6. The highest BCUT2D eigenvalue weighted by Crippen LogP contribution is 2.36. The molecule has 132 valence electrons. The van der Waals surface area contributed by atoms with E-state index in [0.29, 0.717) is 18.7 Å². The van der Waals surface area contributed by atoms with Crippen molar-refractivity contribution in [3.63, 3.8) is 0 Å². The quantitative estimate of drug-likeness (QED) is 0.632. The monoisotopic (exact) mass is 348 g/mol. The third-order valence-corrected chi connectivity index (χ3v) is 4.78. The fourth-order valence-electron chi connectivity index (χ4n) is 3.61. The summed E-state index contributed by atoms with van der Waals surface area (Å²) < 4.78 is 0. The molecule has 6 nitrogen and oxygen atoms in total. The van der Waals surface area contributed by atoms with Crippen molar-refractivity contribution < 1.29 is 9.59 Å². The van der Waals surface area contributed by atoms with Crippen molar-refractivity contribution in [2.45, 2.75) is 19.8 Å². The summed E-state index contributed by atoms with van der Waals surface area (Å²) in [4.78, 5) is 23.6. The Balaban J connectivity index is 1.66. The third-order valence-electron chi connectivity index (χ3n) is 4.78. The van der Waals surface area contributed by atoms with Gasteiger partial charge in [0.15, 0.2) is 0 Å². The Labute approximate surface area is 151 Å². The van der Waals surface area contributed by atoms with E-state index in [1.165, 1.54) is 12.5 Å². The summed E-state index contributed by atoms with van der Waals surface area (Å²) in [6, 6.07) is 12.0. The number of rotatable bonds is 4. The fourth-order valence-corrected chi connectivity index (χ4v) is 3.61. The normalized spacial score (nSPS) is 12.3. The van der Waals surface area contributed by atoms with Crippen LogP contribution < -0.4 is 10.6 Å². The summed E-state index contributed by atoms with van der Waals surface area (Å²) in [5.41, 5.74) is 5.89. The van der Waals surface area contributed by atoms with Gasteiger partial charge >= 0.3 is 0 Å². The largest absolute Gasteiger partial charge is 0.355 e. The summed E-state index contributed by atoms with van der Waals surface area (Å²) >= 11 is 0. The van der Waals surface area contributed by atoms with E-state index < -0.39 is 0 Å². The minimum atomic E-state index is -0.120. The molecule has 6 heteroatoms. The van der Waals surface area contributed by atoms with Gasteiger partial charge in [-0.1, -0.05) is 24.3 Å². The molecule has 3 aromatic rings. The average molecular weight is 348 g/mol. The Kier molecular flexibility index (Phi) is 4.16. The minimum Gasteiger partial charge on any atom is -0.355 e. The Hall–Kier alpha value is -3.15. The van der Waals surface area contributed by atoms with Crippen LogP contribution in [0.5, 0.6) is 0 Å². The molecule has 1 heterocycles. The molecule has 0 fully saturated rings. The van der Waals surface area contributed by atoms with E-state index in [1.807, 2.05) is 30.3 Å². The first kappa shape index (κ1) is 16.3. The zero-order chi connectivity index (χ0) is 18.1. The number of aryl methyl sites for hydroxylation is 1. The Morgan fingerprint density at radius 3 is 2.73 bits per heavy atom. The lowest BCUT2D eigenvalue weighted by atomic mass is 9.96. The van der Waals surface area contributed by atoms with Crippen molar-refractivity contribution in [3.05, 3.63) is 53.1 Å². The van der Waals surface area contributed by atoms with E-state index in [9.17, 15) is 9.59 Å². The molecule has 1 aliphatic carbocycles. The van der Waals surface area contributed by atoms with Crippen molar-refractivity contribution in [2.75, 3.05) is 13.1 Å². The first-order valence-electron chi connectivity index (χ1n) is 8.76. The number of aromatic nitrogens is 2. The molecule has 0 spiro atoms. The predicted octanol–water partition coefficient (Wildman–Crippen LogP) is 2.19. The molecule has 0 aliphatic heterocycles. The molecule has 0 saturated carbocycles. The second-order valence-corrected chi connectivity index (χ2v) is 6.48. The second-order valence-electron chi connectivity index (χ2n) is 6.48. The van der Waals surface area contributed by atoms with E-state index >= 15 is 0 Å². The Bertz CT molecular complexity index is 1010. The van der Waals surface area contributed by atoms with Gasteiger partial charge in [0.05, 0.1) is 5.52 Å². The van der Waals surface area contributed by atoms with Gasteiger partial charge < -0.3 is 10.6 Å². The van der Waals surface area contributed by atoms with Gasteiger partial charge in [-0.15, -0.1) is 0 Å². The lowest BCUT2D eigenvalue weighted by Gasteiger charge is -2.12. The lowest BCUT2D eigenvalue weighted by Crippen LogP contribution is -2.34. The maximum Gasteiger partial charge on any atom is 0.251 e. The van der Waals surface area contributed by atoms with Gasteiger partial charge in [-0.3, -0.25) is 14.7 Å². The van der Waals surface area contributed by atoms with Crippen LogP contribution in [0.15, 0.2) is 36.4 Å². The summed E-state index contributed by atoms with van der Waals surface area (Å²) in [6.45, 7) is 2.28. The van der Waals surface area contributed by atoms with Crippen LogP contribution in [0.3, 0.4) is 0 Å². The molecule has 2 amide bonds. The summed E-state index contributed by atoms with van der Waals surface area (Å²) in [7, 11) is 0. The summed E-state index contributed by atoms with van der Waals surface area (Å²) in [5.74, 6) is -0.224. The van der Waals surface area contributed by atoms with Gasteiger partial charge in [-0.05, 0) is 36.1 Å². The topological polar surface area (TPSA) is 86.9 Å². The number of H-pyrrole nitrogens is 1. The molecule has 0 radical (unpaired) electrons. The van der Waals surface area contributed by atoms with E-state index in [1.54, 1.807) is 0 Å². The van der Waals surface area contributed by atoms with Gasteiger partial charge in [0.1, 0.15) is 5.69 Å². The standard InChI is InChI=1S/C20H20N4O2/c1-12(25)21-10-11-22-20(26)16-6-3-5-15-14(16)9-8-13-4-2-7-17-18(13)19(15)24-23-17/h2-7H,8-11H2,1H3,(H,21,25)(H,22,26)(H,23,24). The van der Waals surface area contributed by atoms with Crippen molar-refractivity contribution >= 4 is 22.7 Å². The van der Waals surface area contributed by atoms with Crippen LogP contribution >= 0.6 is 0 Å². The molecular weight excluding hydrogens is 328 g/mol. The number of benzene rings is 2. The highest BCUT2D eigenvalue weighted by atomic mass is 16.2. The van der Waals surface area contributed by atoms with E-state index in [0.717, 1.165) is 40.6 Å². The number of nitrogens with zero attached hydrogens (tertiary/aromatic N) is 1. The molecule has 0 atom stereocenters. The second kappa shape index (κ2) is 6.63. The molecule has 26 heavy (non-hydrogen) atoms. The van der Waals surface area contributed by atoms with Crippen LogP contribution in [0, 0.1) is 0 Å². The Morgan fingerprint density at radius 1 is 1.08 bits per heavy atom. The minimum absolute atomic E-state index is 0.104. The first-order valence-corrected chi connectivity index (χ1v) is 8.76. The van der Waals surface area contributed by atoms with Gasteiger partial charge in [-0.25, -0.2) is 0 Å². The van der Waals surface area contributed by atoms with Crippen LogP contribution in [-0.4, -0.2) is 35.1 Å². The molecule has 3 N–H and O–H groups in total. The average Bonchev–Trinajstić information content (AvgIpc) is 2.99. The zero-order valence-corrected chi connectivity index (χ0v) is 14.6. The Morgan fingerprint density at radius 2 is 1.88 bits per heavy atom. The maximum atomic E-state index is 12.7. The van der Waals surface area contributed by atoms with Crippen LogP contribution in [0.2, 0.25) is 0 Å². The smallest absolute Gasteiger partial charge is 0.251 e. The van der Waals surface area contributed by atoms with E-state index in [2.05, 4.69) is 26.9 Å². The molecule has 0 saturated heterocycles. The van der Waals surface area contributed by atoms with Gasteiger partial charge in [0, 0.05) is 36.5 Å². The predicted molar refractivity (Wildman–Crippen MR) is 100.0 cm³/mol. The number of carbonyl (C=O) groups is 2. The molecule has 4 rings (SSSR count). The number of carbonyl (C=O) groups excluding carboxylic acids is 2. The van der Waals surface area contributed by atoms with E-state index in [4.69, 9.17) is 0 Å². The molecule has 0 bridgehead atoms. The molecule has 2 aromatic carbocycles. The van der Waals surface area contributed by atoms with Crippen molar-refractivity contribution in [3.8, 4) is 11.3 Å². The van der Waals surface area contributed by atoms with Gasteiger partial charge in [0.2, 0.25) is 5.91 Å². The maximum absolute atomic E-state index is 12.7. The lowest BCUT2D eigenvalue weighted by molar-refractivity contribution is -0.118. The number of amides is 2. The zero-order valence-electron chi connectivity index (χ0n) is 14.6.